The summed E-state index contributed by atoms with van der Waals surface area (Å²) in [5.41, 5.74) is 10.2. The topological polar surface area (TPSA) is 49.7 Å². The van der Waals surface area contributed by atoms with Crippen molar-refractivity contribution < 1.29 is 4.74 Å². The van der Waals surface area contributed by atoms with Crippen LogP contribution in [0.1, 0.15) is 26.3 Å². The summed E-state index contributed by atoms with van der Waals surface area (Å²) >= 11 is 0.0485. The molecule has 7 aromatic rings. The van der Waals surface area contributed by atoms with E-state index in [0.717, 1.165) is 44.4 Å². The summed E-state index contributed by atoms with van der Waals surface area (Å²) in [4.78, 5) is 17.0. The Hall–Kier alpha value is -5.56. The van der Waals surface area contributed by atoms with Crippen molar-refractivity contribution in [3.8, 4) is 11.5 Å². The molecular weight excluding hydrogens is 683 g/mol. The van der Waals surface area contributed by atoms with Gasteiger partial charge in [-0.3, -0.25) is 0 Å². The van der Waals surface area contributed by atoms with Crippen LogP contribution < -0.4 is 28.5 Å². The molecular formula is C42H36N6OSe. The first-order chi connectivity index (χ1) is 24.3. The van der Waals surface area contributed by atoms with E-state index in [2.05, 4.69) is 162 Å². The number of hydrogen-bond donors (Lipinski definition) is 0. The van der Waals surface area contributed by atoms with Gasteiger partial charge < -0.3 is 0 Å². The second-order valence-corrected chi connectivity index (χ2v) is 15.9. The quantitative estimate of drug-likeness (QED) is 0.166. The van der Waals surface area contributed by atoms with Gasteiger partial charge in [0.25, 0.3) is 0 Å². The molecule has 2 aliphatic rings. The van der Waals surface area contributed by atoms with Crippen molar-refractivity contribution in [2.75, 3.05) is 21.4 Å². The van der Waals surface area contributed by atoms with E-state index in [1.807, 2.05) is 18.3 Å². The van der Waals surface area contributed by atoms with Crippen LogP contribution in [0, 0.1) is 0 Å². The van der Waals surface area contributed by atoms with Crippen molar-refractivity contribution >= 4 is 75.1 Å². The number of anilines is 7. The molecule has 9 rings (SSSR count). The number of rotatable bonds is 5. The Kier molecular flexibility index (Phi) is 7.19. The summed E-state index contributed by atoms with van der Waals surface area (Å²) < 4.78 is 11.1. The molecule has 0 N–H and O–H groups in total. The molecule has 0 amide bonds. The molecule has 0 saturated carbocycles. The SMILES string of the molecule is Cn1c(N2c3ccccc3[Se]c3ncc(Oc4cccc(N5CN(c6cccc(C(C)(C)C)c6)c6ccccc65)c4)cc32)nc2ccccc21. The molecule has 8 heteroatoms. The van der Waals surface area contributed by atoms with E-state index in [9.17, 15) is 0 Å². The molecule has 2 aliphatic heterocycles. The van der Waals surface area contributed by atoms with Crippen LogP contribution in [0.15, 0.2) is 134 Å². The zero-order chi connectivity index (χ0) is 34.0. The second-order valence-electron chi connectivity index (χ2n) is 13.7. The van der Waals surface area contributed by atoms with Gasteiger partial charge in [-0.15, -0.1) is 0 Å². The van der Waals surface area contributed by atoms with Crippen molar-refractivity contribution in [2.45, 2.75) is 26.2 Å². The van der Waals surface area contributed by atoms with Crippen molar-refractivity contribution in [1.82, 2.24) is 14.5 Å². The fraction of sp³-hybridized carbons (Fsp3) is 0.143. The fourth-order valence-corrected chi connectivity index (χ4v) is 8.93. The number of pyridine rings is 1. The van der Waals surface area contributed by atoms with E-state index in [1.54, 1.807) is 0 Å². The van der Waals surface area contributed by atoms with E-state index in [-0.39, 0.29) is 20.4 Å². The van der Waals surface area contributed by atoms with Crippen LogP contribution in [0.25, 0.3) is 11.0 Å². The van der Waals surface area contributed by atoms with Crippen molar-refractivity contribution in [2.24, 2.45) is 7.05 Å². The monoisotopic (exact) mass is 720 g/mol. The predicted molar refractivity (Wildman–Crippen MR) is 205 cm³/mol. The second kappa shape index (κ2) is 11.8. The Morgan fingerprint density at radius 3 is 2.10 bits per heavy atom. The minimum atomic E-state index is 0.0485. The Labute approximate surface area is 298 Å². The first kappa shape index (κ1) is 30.5. The van der Waals surface area contributed by atoms with Gasteiger partial charge in [-0.1, -0.05) is 39.0 Å². The van der Waals surface area contributed by atoms with Crippen LogP contribution in [0.5, 0.6) is 11.5 Å². The van der Waals surface area contributed by atoms with Gasteiger partial charge in [-0.05, 0) is 23.1 Å². The fourth-order valence-electron chi connectivity index (χ4n) is 6.87. The summed E-state index contributed by atoms with van der Waals surface area (Å²) in [6.07, 6.45) is 1.85. The van der Waals surface area contributed by atoms with Gasteiger partial charge in [0.15, 0.2) is 0 Å². The minimum absolute atomic E-state index is 0.0485. The molecule has 2 aromatic heterocycles. The molecule has 0 radical (unpaired) electrons. The molecule has 0 unspecified atom stereocenters. The number of hydrogen-bond acceptors (Lipinski definition) is 6. The molecule has 0 bridgehead atoms. The number of fused-ring (bicyclic) bond motifs is 4. The summed E-state index contributed by atoms with van der Waals surface area (Å²) in [7, 11) is 2.07. The number of benzene rings is 5. The van der Waals surface area contributed by atoms with Gasteiger partial charge >= 0.3 is 238 Å². The van der Waals surface area contributed by atoms with Crippen LogP contribution in [0.4, 0.5) is 40.1 Å². The van der Waals surface area contributed by atoms with Gasteiger partial charge in [-0.2, -0.15) is 0 Å². The maximum atomic E-state index is 6.61. The summed E-state index contributed by atoms with van der Waals surface area (Å²) in [6, 6.07) is 44.8. The third-order valence-electron chi connectivity index (χ3n) is 9.46. The maximum absolute atomic E-state index is 6.61. The third kappa shape index (κ3) is 5.20. The Morgan fingerprint density at radius 1 is 0.660 bits per heavy atom. The van der Waals surface area contributed by atoms with E-state index >= 15 is 0 Å². The molecule has 50 heavy (non-hydrogen) atoms. The van der Waals surface area contributed by atoms with Crippen LogP contribution in [-0.2, 0) is 12.5 Å². The average Bonchev–Trinajstić information content (AvgIpc) is 3.68. The molecule has 5 aromatic carbocycles. The van der Waals surface area contributed by atoms with Gasteiger partial charge in [0, 0.05) is 0 Å². The van der Waals surface area contributed by atoms with Crippen molar-refractivity contribution in [3.63, 3.8) is 0 Å². The molecule has 0 aliphatic carbocycles. The molecule has 4 heterocycles. The Balaban J connectivity index is 1.05. The molecule has 7 nitrogen and oxygen atoms in total. The molecule has 0 saturated heterocycles. The first-order valence-corrected chi connectivity index (χ1v) is 18.5. The molecule has 0 fully saturated rings. The van der Waals surface area contributed by atoms with Gasteiger partial charge in [0.2, 0.25) is 0 Å². The predicted octanol–water partition coefficient (Wildman–Crippen LogP) is 8.74. The summed E-state index contributed by atoms with van der Waals surface area (Å²) in [5, 5.41) is 0. The molecule has 246 valence electrons. The molecule has 0 atom stereocenters. The van der Waals surface area contributed by atoms with E-state index in [4.69, 9.17) is 14.7 Å². The van der Waals surface area contributed by atoms with Gasteiger partial charge in [0.05, 0.1) is 0 Å². The van der Waals surface area contributed by atoms with Crippen LogP contribution in [0.3, 0.4) is 0 Å². The number of aromatic nitrogens is 3. The van der Waals surface area contributed by atoms with E-state index < -0.39 is 0 Å². The number of ether oxygens (including phenoxy) is 1. The zero-order valence-corrected chi connectivity index (χ0v) is 30.1. The number of aryl methyl sites for hydroxylation is 1. The summed E-state index contributed by atoms with van der Waals surface area (Å²) in [5.74, 6) is 2.29. The Bertz CT molecular complexity index is 2410. The average molecular weight is 720 g/mol. The number of imidazole rings is 1. The van der Waals surface area contributed by atoms with Crippen LogP contribution in [-0.4, -0.2) is 36.2 Å². The molecule has 0 spiro atoms. The van der Waals surface area contributed by atoms with Crippen LogP contribution in [0.2, 0.25) is 0 Å². The van der Waals surface area contributed by atoms with Gasteiger partial charge in [-0.25, -0.2) is 0 Å². The number of para-hydroxylation sites is 5. The summed E-state index contributed by atoms with van der Waals surface area (Å²) in [6.45, 7) is 7.48. The Morgan fingerprint density at radius 2 is 1.34 bits per heavy atom. The van der Waals surface area contributed by atoms with Crippen molar-refractivity contribution in [1.29, 1.82) is 0 Å². The van der Waals surface area contributed by atoms with E-state index in [0.29, 0.717) is 12.4 Å². The van der Waals surface area contributed by atoms with Crippen LogP contribution >= 0.6 is 0 Å². The van der Waals surface area contributed by atoms with Gasteiger partial charge in [0.1, 0.15) is 0 Å². The normalized spacial score (nSPS) is 13.7. The van der Waals surface area contributed by atoms with Crippen molar-refractivity contribution in [3.05, 3.63) is 139 Å². The standard InChI is InChI=1S/C42H36N6OSe/c1-42(2,3)28-13-11-14-29(23-28)46-27-47(36-20-8-7-19-35(36)46)30-15-12-16-31(24-30)49-32-25-38-40(43-26-32)50-39-22-10-9-21-37(39)48(38)41-44-33-17-5-6-18-34(33)45(41)4/h5-26H,27H2,1-4H3. The van der Waals surface area contributed by atoms with E-state index in [1.165, 1.54) is 27.1 Å². The third-order valence-corrected chi connectivity index (χ3v) is 11.7. The zero-order valence-electron chi connectivity index (χ0n) is 28.4. The first-order valence-electron chi connectivity index (χ1n) is 16.8. The number of nitrogens with zero attached hydrogens (tertiary/aromatic N) is 6.